The molecule has 9 heavy (non-hydrogen) atoms. The van der Waals surface area contributed by atoms with Crippen molar-refractivity contribution < 1.29 is 9.47 Å². The fourth-order valence-electron chi connectivity index (χ4n) is 0.471. The maximum absolute atomic E-state index is 5.41. The van der Waals surface area contributed by atoms with Crippen LogP contribution in [0.4, 0.5) is 0 Å². The van der Waals surface area contributed by atoms with Gasteiger partial charge in [-0.05, 0) is 13.8 Å². The lowest BCUT2D eigenvalue weighted by Gasteiger charge is -2.23. The molecular formula is C5H12NO2Si. The van der Waals surface area contributed by atoms with Crippen molar-refractivity contribution in [3.8, 4) is 0 Å². The molecule has 53 valence electrons. The van der Waals surface area contributed by atoms with Gasteiger partial charge in [0.15, 0.2) is 5.53 Å². The predicted molar refractivity (Wildman–Crippen MR) is 35.9 cm³/mol. The standard InChI is InChI=1S/C5H12NO2Si/c1-3-7-5(6,9)8-4-2/h3-4,6H2,1-2H3. The average Bonchev–Trinajstić information content (AvgIpc) is 1.64. The van der Waals surface area contributed by atoms with Gasteiger partial charge in [-0.2, -0.15) is 0 Å². The van der Waals surface area contributed by atoms with Crippen molar-refractivity contribution in [2.45, 2.75) is 19.4 Å². The van der Waals surface area contributed by atoms with Crippen LogP contribution in [0.2, 0.25) is 0 Å². The van der Waals surface area contributed by atoms with Gasteiger partial charge < -0.3 is 9.47 Å². The van der Waals surface area contributed by atoms with Crippen LogP contribution in [0.1, 0.15) is 13.8 Å². The monoisotopic (exact) mass is 146 g/mol. The van der Waals surface area contributed by atoms with Gasteiger partial charge in [-0.15, -0.1) is 0 Å². The van der Waals surface area contributed by atoms with E-state index in [4.69, 9.17) is 15.2 Å². The molecule has 0 aliphatic heterocycles. The highest BCUT2D eigenvalue weighted by Crippen LogP contribution is 1.97. The van der Waals surface area contributed by atoms with Crippen LogP contribution >= 0.6 is 0 Å². The number of hydrogen-bond donors (Lipinski definition) is 1. The Labute approximate surface area is 58.9 Å². The molecule has 0 aromatic carbocycles. The van der Waals surface area contributed by atoms with E-state index in [2.05, 4.69) is 10.2 Å². The van der Waals surface area contributed by atoms with Gasteiger partial charge in [0.2, 0.25) is 0 Å². The Kier molecular flexibility index (Phi) is 4.04. The van der Waals surface area contributed by atoms with Crippen molar-refractivity contribution in [1.82, 2.24) is 0 Å². The zero-order valence-electron chi connectivity index (χ0n) is 5.81. The fourth-order valence-corrected chi connectivity index (χ4v) is 0.759. The molecule has 4 heteroatoms. The Morgan fingerprint density at radius 1 is 1.33 bits per heavy atom. The molecule has 0 spiro atoms. The first-order valence-corrected chi connectivity index (χ1v) is 3.44. The lowest BCUT2D eigenvalue weighted by molar-refractivity contribution is -0.168. The summed E-state index contributed by atoms with van der Waals surface area (Å²) in [5.74, 6) is 0. The van der Waals surface area contributed by atoms with E-state index in [1.54, 1.807) is 0 Å². The molecule has 0 amide bonds. The van der Waals surface area contributed by atoms with Crippen molar-refractivity contribution in [3.05, 3.63) is 0 Å². The third-order valence-electron chi connectivity index (χ3n) is 0.718. The maximum Gasteiger partial charge on any atom is 0.194 e. The number of hydrogen-bond acceptors (Lipinski definition) is 3. The van der Waals surface area contributed by atoms with E-state index in [9.17, 15) is 0 Å². The summed E-state index contributed by atoms with van der Waals surface area (Å²) in [6.45, 7) is 4.75. The van der Waals surface area contributed by atoms with Crippen LogP contribution in [0, 0.1) is 0 Å². The van der Waals surface area contributed by atoms with Crippen LogP contribution < -0.4 is 5.73 Å². The molecule has 0 bridgehead atoms. The van der Waals surface area contributed by atoms with Crippen molar-refractivity contribution in [3.63, 3.8) is 0 Å². The second kappa shape index (κ2) is 4.00. The molecule has 0 aromatic rings. The minimum Gasteiger partial charge on any atom is -0.342 e. The van der Waals surface area contributed by atoms with E-state index in [0.717, 1.165) is 0 Å². The zero-order chi connectivity index (χ0) is 7.33. The minimum absolute atomic E-state index is 0.528. The maximum atomic E-state index is 5.41. The largest absolute Gasteiger partial charge is 0.342 e. The van der Waals surface area contributed by atoms with Gasteiger partial charge >= 0.3 is 0 Å². The third kappa shape index (κ3) is 4.59. The highest BCUT2D eigenvalue weighted by Gasteiger charge is 2.16. The molecule has 0 heterocycles. The summed E-state index contributed by atoms with van der Waals surface area (Å²) in [6, 6.07) is 0. The number of rotatable bonds is 4. The van der Waals surface area contributed by atoms with E-state index < -0.39 is 5.53 Å². The van der Waals surface area contributed by atoms with Crippen LogP contribution in [0.3, 0.4) is 0 Å². The van der Waals surface area contributed by atoms with Crippen molar-refractivity contribution in [1.29, 1.82) is 0 Å². The van der Waals surface area contributed by atoms with Crippen LogP contribution in [0.5, 0.6) is 0 Å². The molecule has 0 saturated heterocycles. The van der Waals surface area contributed by atoms with Gasteiger partial charge in [-0.25, -0.2) is 0 Å². The molecule has 3 nitrogen and oxygen atoms in total. The first kappa shape index (κ1) is 9.10. The molecule has 0 rings (SSSR count). The summed E-state index contributed by atoms with van der Waals surface area (Å²) >= 11 is 0. The Morgan fingerprint density at radius 2 is 1.67 bits per heavy atom. The fraction of sp³-hybridized carbons (Fsp3) is 1.00. The highest BCUT2D eigenvalue weighted by atomic mass is 28.1. The summed E-state index contributed by atoms with van der Waals surface area (Å²) in [7, 11) is 3.09. The number of ether oxygens (including phenoxy) is 2. The molecular weight excluding hydrogens is 134 g/mol. The Morgan fingerprint density at radius 3 is 1.89 bits per heavy atom. The van der Waals surface area contributed by atoms with Crippen molar-refractivity contribution >= 4 is 10.2 Å². The Balaban J connectivity index is 3.43. The molecule has 0 saturated carbocycles. The second-order valence-electron chi connectivity index (χ2n) is 1.53. The van der Waals surface area contributed by atoms with Gasteiger partial charge in [0, 0.05) is 13.2 Å². The van der Waals surface area contributed by atoms with Crippen LogP contribution in [-0.2, 0) is 9.47 Å². The summed E-state index contributed by atoms with van der Waals surface area (Å²) in [4.78, 5) is 0. The smallest absolute Gasteiger partial charge is 0.194 e. The zero-order valence-corrected chi connectivity index (χ0v) is 6.81. The number of nitrogens with two attached hydrogens (primary N) is 1. The third-order valence-corrected chi connectivity index (χ3v) is 1.01. The predicted octanol–water partition coefficient (Wildman–Crippen LogP) is -0.202. The minimum atomic E-state index is -1.09. The van der Waals surface area contributed by atoms with E-state index in [-0.39, 0.29) is 0 Å². The Hall–Kier alpha value is 0.0969. The van der Waals surface area contributed by atoms with Gasteiger partial charge in [0.05, 0.1) is 0 Å². The quantitative estimate of drug-likeness (QED) is 0.441. The van der Waals surface area contributed by atoms with Crippen molar-refractivity contribution in [2.24, 2.45) is 5.73 Å². The highest BCUT2D eigenvalue weighted by molar-refractivity contribution is 6.12. The van der Waals surface area contributed by atoms with Crippen LogP contribution in [0.15, 0.2) is 0 Å². The molecule has 2 N–H and O–H groups in total. The van der Waals surface area contributed by atoms with Gasteiger partial charge in [0.25, 0.3) is 0 Å². The van der Waals surface area contributed by atoms with Crippen LogP contribution in [0.25, 0.3) is 0 Å². The SMILES string of the molecule is CCOC(N)([Si])OCC. The molecule has 0 aliphatic carbocycles. The van der Waals surface area contributed by atoms with Gasteiger partial charge in [-0.1, -0.05) is 0 Å². The van der Waals surface area contributed by atoms with Gasteiger partial charge in [0.1, 0.15) is 10.2 Å². The molecule has 0 atom stereocenters. The van der Waals surface area contributed by atoms with E-state index >= 15 is 0 Å². The first-order valence-electron chi connectivity index (χ1n) is 2.94. The summed E-state index contributed by atoms with van der Waals surface area (Å²) in [5.41, 5.74) is 4.31. The normalized spacial score (nSPS) is 12.0. The first-order chi connectivity index (χ1) is 4.12. The summed E-state index contributed by atoms with van der Waals surface area (Å²) < 4.78 is 9.88. The molecule has 3 radical (unpaired) electrons. The topological polar surface area (TPSA) is 44.5 Å². The second-order valence-corrected chi connectivity index (χ2v) is 2.23. The van der Waals surface area contributed by atoms with E-state index in [1.165, 1.54) is 0 Å². The van der Waals surface area contributed by atoms with E-state index in [0.29, 0.717) is 13.2 Å². The molecule has 0 aliphatic rings. The summed E-state index contributed by atoms with van der Waals surface area (Å²) in [6.07, 6.45) is 0. The Bertz CT molecular complexity index is 69.4. The summed E-state index contributed by atoms with van der Waals surface area (Å²) in [5, 5.41) is 0. The van der Waals surface area contributed by atoms with Crippen molar-refractivity contribution in [2.75, 3.05) is 13.2 Å². The van der Waals surface area contributed by atoms with Gasteiger partial charge in [-0.3, -0.25) is 5.73 Å². The van der Waals surface area contributed by atoms with E-state index in [1.807, 2.05) is 13.8 Å². The molecule has 0 unspecified atom stereocenters. The lowest BCUT2D eigenvalue weighted by Crippen LogP contribution is -2.46. The molecule has 0 aromatic heterocycles. The van der Waals surface area contributed by atoms with Crippen LogP contribution in [-0.4, -0.2) is 29.0 Å². The average molecular weight is 146 g/mol. The lowest BCUT2D eigenvalue weighted by atomic mass is 10.8. The molecule has 0 fully saturated rings.